The van der Waals surface area contributed by atoms with Crippen LogP contribution in [-0.4, -0.2) is 29.8 Å². The molecule has 2 rings (SSSR count). The van der Waals surface area contributed by atoms with E-state index in [-0.39, 0.29) is 0 Å². The molecule has 1 aliphatic rings. The molecule has 1 aromatic rings. The van der Waals surface area contributed by atoms with Crippen molar-refractivity contribution in [2.24, 2.45) is 13.0 Å². The number of rotatable bonds is 3. The van der Waals surface area contributed by atoms with Crippen LogP contribution in [0.25, 0.3) is 0 Å². The molecule has 2 heterocycles. The van der Waals surface area contributed by atoms with Crippen LogP contribution >= 0.6 is 0 Å². The first-order valence-electron chi connectivity index (χ1n) is 5.04. The maximum absolute atomic E-state index is 5.41. The maximum Gasteiger partial charge on any atom is 0.0946 e. The first-order valence-corrected chi connectivity index (χ1v) is 5.04. The number of nitrogens with zero attached hydrogens (tertiary/aromatic N) is 2. The second kappa shape index (κ2) is 4.11. The normalized spacial score (nSPS) is 24.0. The molecule has 0 aliphatic carbocycles. The summed E-state index contributed by atoms with van der Waals surface area (Å²) < 4.78 is 7.48. The second-order valence-corrected chi connectivity index (χ2v) is 3.82. The third kappa shape index (κ3) is 1.67. The van der Waals surface area contributed by atoms with E-state index >= 15 is 0 Å². The molecule has 78 valence electrons. The van der Waals surface area contributed by atoms with Crippen molar-refractivity contribution >= 4 is 0 Å². The molecule has 0 aromatic carbocycles. The van der Waals surface area contributed by atoms with E-state index in [0.29, 0.717) is 12.0 Å². The van der Waals surface area contributed by atoms with Crippen LogP contribution in [0.3, 0.4) is 0 Å². The zero-order chi connectivity index (χ0) is 9.97. The minimum absolute atomic E-state index is 0.366. The van der Waals surface area contributed by atoms with Gasteiger partial charge in [-0.1, -0.05) is 0 Å². The third-order valence-corrected chi connectivity index (χ3v) is 2.92. The Labute approximate surface area is 84.3 Å². The lowest BCUT2D eigenvalue weighted by atomic mass is 9.97. The van der Waals surface area contributed by atoms with E-state index < -0.39 is 0 Å². The monoisotopic (exact) mass is 195 g/mol. The number of nitrogens with one attached hydrogen (secondary N) is 1. The lowest BCUT2D eigenvalue weighted by molar-refractivity contribution is 0.177. The number of hydrogen-bond donors (Lipinski definition) is 1. The van der Waals surface area contributed by atoms with E-state index in [0.717, 1.165) is 19.6 Å². The highest BCUT2D eigenvalue weighted by atomic mass is 16.5. The highest BCUT2D eigenvalue weighted by molar-refractivity contribution is 5.07. The van der Waals surface area contributed by atoms with Crippen LogP contribution in [0.15, 0.2) is 12.5 Å². The Morgan fingerprint density at radius 2 is 2.57 bits per heavy atom. The van der Waals surface area contributed by atoms with Gasteiger partial charge in [0.2, 0.25) is 0 Å². The summed E-state index contributed by atoms with van der Waals surface area (Å²) in [5.41, 5.74) is 1.24. The van der Waals surface area contributed by atoms with E-state index in [4.69, 9.17) is 4.74 Å². The SMILES string of the molecule is CNC(c1cncn1C)C1CCOC1. The van der Waals surface area contributed by atoms with Gasteiger partial charge in [0.1, 0.15) is 0 Å². The van der Waals surface area contributed by atoms with Crippen molar-refractivity contribution in [3.63, 3.8) is 0 Å². The summed E-state index contributed by atoms with van der Waals surface area (Å²) in [5, 5.41) is 3.35. The number of aromatic nitrogens is 2. The smallest absolute Gasteiger partial charge is 0.0946 e. The molecular weight excluding hydrogens is 178 g/mol. The summed E-state index contributed by atoms with van der Waals surface area (Å²) in [4.78, 5) is 4.14. The molecule has 0 amide bonds. The molecular formula is C10H17N3O. The van der Waals surface area contributed by atoms with E-state index in [1.54, 1.807) is 0 Å². The number of ether oxygens (including phenoxy) is 1. The Kier molecular flexibility index (Phi) is 2.84. The van der Waals surface area contributed by atoms with Crippen molar-refractivity contribution in [1.82, 2.24) is 14.9 Å². The lowest BCUT2D eigenvalue weighted by Gasteiger charge is -2.21. The number of imidazole rings is 1. The molecule has 1 saturated heterocycles. The molecule has 1 aromatic heterocycles. The van der Waals surface area contributed by atoms with Gasteiger partial charge in [0.05, 0.1) is 24.7 Å². The number of hydrogen-bond acceptors (Lipinski definition) is 3. The topological polar surface area (TPSA) is 39.1 Å². The zero-order valence-electron chi connectivity index (χ0n) is 8.73. The van der Waals surface area contributed by atoms with Crippen LogP contribution in [0.4, 0.5) is 0 Å². The summed E-state index contributed by atoms with van der Waals surface area (Å²) >= 11 is 0. The van der Waals surface area contributed by atoms with Gasteiger partial charge >= 0.3 is 0 Å². The van der Waals surface area contributed by atoms with Gasteiger partial charge in [-0.05, 0) is 13.5 Å². The van der Waals surface area contributed by atoms with Crippen LogP contribution in [0.2, 0.25) is 0 Å². The highest BCUT2D eigenvalue weighted by Gasteiger charge is 2.27. The maximum atomic E-state index is 5.41. The number of aryl methyl sites for hydroxylation is 1. The van der Waals surface area contributed by atoms with E-state index in [1.165, 1.54) is 5.69 Å². The van der Waals surface area contributed by atoms with Crippen LogP contribution in [0, 0.1) is 5.92 Å². The Morgan fingerprint density at radius 3 is 3.07 bits per heavy atom. The molecule has 1 N–H and O–H groups in total. The van der Waals surface area contributed by atoms with Crippen molar-refractivity contribution < 1.29 is 4.74 Å². The summed E-state index contributed by atoms with van der Waals surface area (Å²) in [6, 6.07) is 0.366. The van der Waals surface area contributed by atoms with Crippen LogP contribution in [-0.2, 0) is 11.8 Å². The van der Waals surface area contributed by atoms with Crippen molar-refractivity contribution in [2.45, 2.75) is 12.5 Å². The van der Waals surface area contributed by atoms with Gasteiger partial charge in [-0.3, -0.25) is 0 Å². The molecule has 2 unspecified atom stereocenters. The largest absolute Gasteiger partial charge is 0.381 e. The Bertz CT molecular complexity index is 291. The molecule has 0 radical (unpaired) electrons. The van der Waals surface area contributed by atoms with Gasteiger partial charge < -0.3 is 14.6 Å². The van der Waals surface area contributed by atoms with Gasteiger partial charge in [0.25, 0.3) is 0 Å². The summed E-state index contributed by atoms with van der Waals surface area (Å²) in [6.07, 6.45) is 4.91. The molecule has 14 heavy (non-hydrogen) atoms. The summed E-state index contributed by atoms with van der Waals surface area (Å²) in [5.74, 6) is 0.579. The van der Waals surface area contributed by atoms with Gasteiger partial charge in [0.15, 0.2) is 0 Å². The van der Waals surface area contributed by atoms with Crippen molar-refractivity contribution in [3.05, 3.63) is 18.2 Å². The molecule has 0 bridgehead atoms. The quantitative estimate of drug-likeness (QED) is 0.772. The average Bonchev–Trinajstić information content (AvgIpc) is 2.80. The molecule has 1 aliphatic heterocycles. The van der Waals surface area contributed by atoms with Crippen molar-refractivity contribution in [3.8, 4) is 0 Å². The van der Waals surface area contributed by atoms with Crippen molar-refractivity contribution in [1.29, 1.82) is 0 Å². The highest BCUT2D eigenvalue weighted by Crippen LogP contribution is 2.27. The predicted molar refractivity (Wildman–Crippen MR) is 53.9 cm³/mol. The fraction of sp³-hybridized carbons (Fsp3) is 0.700. The zero-order valence-corrected chi connectivity index (χ0v) is 8.73. The molecule has 0 saturated carbocycles. The lowest BCUT2D eigenvalue weighted by Crippen LogP contribution is -2.27. The first kappa shape index (κ1) is 9.68. The Hall–Kier alpha value is -0.870. The Morgan fingerprint density at radius 1 is 1.71 bits per heavy atom. The minimum atomic E-state index is 0.366. The average molecular weight is 195 g/mol. The second-order valence-electron chi connectivity index (χ2n) is 3.82. The van der Waals surface area contributed by atoms with E-state index in [9.17, 15) is 0 Å². The first-order chi connectivity index (χ1) is 6.83. The van der Waals surface area contributed by atoms with E-state index in [1.807, 2.05) is 26.6 Å². The molecule has 1 fully saturated rings. The van der Waals surface area contributed by atoms with Gasteiger partial charge in [-0.15, -0.1) is 0 Å². The summed E-state index contributed by atoms with van der Waals surface area (Å²) in [7, 11) is 4.03. The fourth-order valence-corrected chi connectivity index (χ4v) is 2.11. The Balaban J connectivity index is 2.16. The molecule has 2 atom stereocenters. The van der Waals surface area contributed by atoms with E-state index in [2.05, 4.69) is 14.9 Å². The summed E-state index contributed by atoms with van der Waals surface area (Å²) in [6.45, 7) is 1.75. The van der Waals surface area contributed by atoms with Gasteiger partial charge in [0, 0.05) is 25.8 Å². The molecule has 0 spiro atoms. The van der Waals surface area contributed by atoms with Crippen LogP contribution in [0.1, 0.15) is 18.2 Å². The van der Waals surface area contributed by atoms with Crippen molar-refractivity contribution in [2.75, 3.05) is 20.3 Å². The minimum Gasteiger partial charge on any atom is -0.381 e. The third-order valence-electron chi connectivity index (χ3n) is 2.92. The van der Waals surface area contributed by atoms with Crippen LogP contribution < -0.4 is 5.32 Å². The molecule has 4 nitrogen and oxygen atoms in total. The fourth-order valence-electron chi connectivity index (χ4n) is 2.11. The molecule has 4 heteroatoms. The van der Waals surface area contributed by atoms with Gasteiger partial charge in [-0.25, -0.2) is 4.98 Å². The van der Waals surface area contributed by atoms with Gasteiger partial charge in [-0.2, -0.15) is 0 Å². The predicted octanol–water partition coefficient (Wildman–Crippen LogP) is 0.717. The van der Waals surface area contributed by atoms with Crippen LogP contribution in [0.5, 0.6) is 0 Å². The standard InChI is InChI=1S/C10H17N3O/c1-11-10(8-3-4-14-6-8)9-5-12-7-13(9)2/h5,7-8,10-11H,3-4,6H2,1-2H3.